The standard InChI is InChI=1S/C24H27N3O3/c1-16-11-17(2)21(18(3)12-16)15-27-8-4-5-20(27)14-25-24(28)26-19-6-7-22-23(13-19)30-10-9-29-22/h4-8,11-13H,9-10,14-15H2,1-3H3,(H2,25,26,28). The number of ether oxygens (including phenoxy) is 2. The topological polar surface area (TPSA) is 64.5 Å². The van der Waals surface area contributed by atoms with E-state index in [1.165, 1.54) is 22.3 Å². The van der Waals surface area contributed by atoms with Crippen molar-refractivity contribution in [3.05, 3.63) is 76.6 Å². The summed E-state index contributed by atoms with van der Waals surface area (Å²) in [7, 11) is 0. The third-order valence-corrected chi connectivity index (χ3v) is 5.32. The largest absolute Gasteiger partial charge is 0.486 e. The van der Waals surface area contributed by atoms with Gasteiger partial charge in [-0.3, -0.25) is 0 Å². The van der Waals surface area contributed by atoms with Gasteiger partial charge in [0.2, 0.25) is 0 Å². The van der Waals surface area contributed by atoms with Crippen LogP contribution in [-0.4, -0.2) is 23.8 Å². The Morgan fingerprint density at radius 2 is 1.73 bits per heavy atom. The number of carbonyl (C=O) groups excluding carboxylic acids is 1. The molecule has 2 amide bonds. The van der Waals surface area contributed by atoms with E-state index in [0.29, 0.717) is 36.9 Å². The molecule has 0 fully saturated rings. The van der Waals surface area contributed by atoms with E-state index < -0.39 is 0 Å². The lowest BCUT2D eigenvalue weighted by molar-refractivity contribution is 0.171. The van der Waals surface area contributed by atoms with Gasteiger partial charge in [0.15, 0.2) is 11.5 Å². The Balaban J connectivity index is 1.38. The van der Waals surface area contributed by atoms with Crippen LogP contribution in [-0.2, 0) is 13.1 Å². The number of carbonyl (C=O) groups is 1. The van der Waals surface area contributed by atoms with E-state index >= 15 is 0 Å². The first-order valence-electron chi connectivity index (χ1n) is 10.1. The van der Waals surface area contributed by atoms with Crippen molar-refractivity contribution >= 4 is 11.7 Å². The fourth-order valence-corrected chi connectivity index (χ4v) is 3.86. The number of nitrogens with one attached hydrogen (secondary N) is 2. The predicted octanol–water partition coefficient (Wildman–Crippen LogP) is 4.55. The number of anilines is 1. The van der Waals surface area contributed by atoms with Gasteiger partial charge in [0.05, 0.1) is 6.54 Å². The summed E-state index contributed by atoms with van der Waals surface area (Å²) < 4.78 is 13.2. The average molecular weight is 405 g/mol. The van der Waals surface area contributed by atoms with Crippen LogP contribution in [0.25, 0.3) is 0 Å². The summed E-state index contributed by atoms with van der Waals surface area (Å²) in [6.45, 7) is 8.70. The Kier molecular flexibility index (Phi) is 5.65. The molecule has 0 saturated heterocycles. The van der Waals surface area contributed by atoms with Gasteiger partial charge in [-0.2, -0.15) is 0 Å². The predicted molar refractivity (Wildman–Crippen MR) is 117 cm³/mol. The number of hydrogen-bond acceptors (Lipinski definition) is 3. The molecule has 0 aliphatic carbocycles. The summed E-state index contributed by atoms with van der Waals surface area (Å²) >= 11 is 0. The van der Waals surface area contributed by atoms with E-state index in [2.05, 4.69) is 54.3 Å². The second-order valence-corrected chi connectivity index (χ2v) is 7.67. The molecule has 6 heteroatoms. The molecule has 2 N–H and O–H groups in total. The highest BCUT2D eigenvalue weighted by molar-refractivity contribution is 5.89. The van der Waals surface area contributed by atoms with Gasteiger partial charge >= 0.3 is 6.03 Å². The van der Waals surface area contributed by atoms with Gasteiger partial charge in [0.25, 0.3) is 0 Å². The van der Waals surface area contributed by atoms with Crippen LogP contribution in [0.4, 0.5) is 10.5 Å². The number of urea groups is 1. The SMILES string of the molecule is Cc1cc(C)c(Cn2cccc2CNC(=O)Nc2ccc3c(c2)OCCO3)c(C)c1. The fourth-order valence-electron chi connectivity index (χ4n) is 3.86. The minimum atomic E-state index is -0.262. The van der Waals surface area contributed by atoms with E-state index in [-0.39, 0.29) is 6.03 Å². The number of hydrogen-bond donors (Lipinski definition) is 2. The summed E-state index contributed by atoms with van der Waals surface area (Å²) in [6.07, 6.45) is 2.05. The molecule has 4 rings (SSSR count). The summed E-state index contributed by atoms with van der Waals surface area (Å²) in [5, 5.41) is 5.79. The molecule has 30 heavy (non-hydrogen) atoms. The van der Waals surface area contributed by atoms with Crippen molar-refractivity contribution in [2.24, 2.45) is 0 Å². The van der Waals surface area contributed by atoms with Crippen LogP contribution in [0, 0.1) is 20.8 Å². The van der Waals surface area contributed by atoms with Crippen molar-refractivity contribution in [2.45, 2.75) is 33.9 Å². The van der Waals surface area contributed by atoms with Crippen LogP contribution in [0.5, 0.6) is 11.5 Å². The van der Waals surface area contributed by atoms with Gasteiger partial charge in [-0.05, 0) is 61.7 Å². The van der Waals surface area contributed by atoms with Gasteiger partial charge in [-0.1, -0.05) is 17.7 Å². The second kappa shape index (κ2) is 8.53. The van der Waals surface area contributed by atoms with E-state index in [0.717, 1.165) is 12.2 Å². The Hall–Kier alpha value is -3.41. The first kappa shape index (κ1) is 19.9. The van der Waals surface area contributed by atoms with Crippen molar-refractivity contribution in [3.8, 4) is 11.5 Å². The number of amides is 2. The van der Waals surface area contributed by atoms with Gasteiger partial charge in [0, 0.05) is 30.2 Å². The lowest BCUT2D eigenvalue weighted by Crippen LogP contribution is -2.29. The third kappa shape index (κ3) is 4.43. The Labute approximate surface area is 176 Å². The Morgan fingerprint density at radius 3 is 2.50 bits per heavy atom. The molecule has 0 saturated carbocycles. The summed E-state index contributed by atoms with van der Waals surface area (Å²) in [5.74, 6) is 1.35. The quantitative estimate of drug-likeness (QED) is 0.654. The molecule has 0 radical (unpaired) electrons. The summed E-state index contributed by atoms with van der Waals surface area (Å²) in [6, 6.07) is 13.6. The molecular weight excluding hydrogens is 378 g/mol. The van der Waals surface area contributed by atoms with Crippen LogP contribution in [0.3, 0.4) is 0 Å². The third-order valence-electron chi connectivity index (χ3n) is 5.32. The number of fused-ring (bicyclic) bond motifs is 1. The number of aromatic nitrogens is 1. The maximum absolute atomic E-state index is 12.4. The zero-order chi connectivity index (χ0) is 21.1. The molecule has 2 heterocycles. The summed E-state index contributed by atoms with van der Waals surface area (Å²) in [4.78, 5) is 12.4. The molecule has 1 aliphatic rings. The minimum Gasteiger partial charge on any atom is -0.486 e. The maximum Gasteiger partial charge on any atom is 0.319 e. The molecular formula is C24H27N3O3. The highest BCUT2D eigenvalue weighted by Gasteiger charge is 2.13. The molecule has 0 bridgehead atoms. The van der Waals surface area contributed by atoms with Crippen LogP contribution in [0.2, 0.25) is 0 Å². The van der Waals surface area contributed by atoms with Crippen LogP contribution in [0.1, 0.15) is 27.9 Å². The molecule has 0 spiro atoms. The van der Waals surface area contributed by atoms with E-state index in [1.54, 1.807) is 12.1 Å². The molecule has 0 unspecified atom stereocenters. The maximum atomic E-state index is 12.4. The van der Waals surface area contributed by atoms with Crippen LogP contribution in [0.15, 0.2) is 48.7 Å². The number of aryl methyl sites for hydroxylation is 3. The van der Waals surface area contributed by atoms with Crippen LogP contribution < -0.4 is 20.1 Å². The normalized spacial score (nSPS) is 12.5. The summed E-state index contributed by atoms with van der Waals surface area (Å²) in [5.41, 5.74) is 6.88. The molecule has 2 aromatic carbocycles. The average Bonchev–Trinajstić information content (AvgIpc) is 3.16. The van der Waals surface area contributed by atoms with E-state index in [4.69, 9.17) is 9.47 Å². The number of rotatable bonds is 5. The number of nitrogens with zero attached hydrogens (tertiary/aromatic N) is 1. The van der Waals surface area contributed by atoms with Gasteiger partial charge in [-0.25, -0.2) is 4.79 Å². The number of benzene rings is 2. The zero-order valence-electron chi connectivity index (χ0n) is 17.6. The minimum absolute atomic E-state index is 0.262. The molecule has 1 aromatic heterocycles. The van der Waals surface area contributed by atoms with E-state index in [9.17, 15) is 4.79 Å². The van der Waals surface area contributed by atoms with Crippen molar-refractivity contribution in [3.63, 3.8) is 0 Å². The second-order valence-electron chi connectivity index (χ2n) is 7.67. The van der Waals surface area contributed by atoms with Gasteiger partial charge < -0.3 is 24.7 Å². The van der Waals surface area contributed by atoms with E-state index in [1.807, 2.05) is 18.2 Å². The monoisotopic (exact) mass is 405 g/mol. The zero-order valence-corrected chi connectivity index (χ0v) is 17.6. The molecule has 6 nitrogen and oxygen atoms in total. The van der Waals surface area contributed by atoms with Crippen LogP contribution >= 0.6 is 0 Å². The Morgan fingerprint density at radius 1 is 1.00 bits per heavy atom. The van der Waals surface area contributed by atoms with Gasteiger partial charge in [0.1, 0.15) is 13.2 Å². The van der Waals surface area contributed by atoms with Crippen molar-refractivity contribution in [1.29, 1.82) is 0 Å². The highest BCUT2D eigenvalue weighted by atomic mass is 16.6. The molecule has 156 valence electrons. The fraction of sp³-hybridized carbons (Fsp3) is 0.292. The highest BCUT2D eigenvalue weighted by Crippen LogP contribution is 2.32. The first-order chi connectivity index (χ1) is 14.5. The lowest BCUT2D eigenvalue weighted by atomic mass is 10.00. The molecule has 0 atom stereocenters. The van der Waals surface area contributed by atoms with Crippen molar-refractivity contribution in [1.82, 2.24) is 9.88 Å². The lowest BCUT2D eigenvalue weighted by Gasteiger charge is -2.19. The van der Waals surface area contributed by atoms with Crippen molar-refractivity contribution in [2.75, 3.05) is 18.5 Å². The molecule has 1 aliphatic heterocycles. The first-order valence-corrected chi connectivity index (χ1v) is 10.1. The Bertz CT molecular complexity index is 1050. The smallest absolute Gasteiger partial charge is 0.319 e. The van der Waals surface area contributed by atoms with Gasteiger partial charge in [-0.15, -0.1) is 0 Å². The molecule has 3 aromatic rings. The van der Waals surface area contributed by atoms with Crippen molar-refractivity contribution < 1.29 is 14.3 Å².